The highest BCUT2D eigenvalue weighted by Gasteiger charge is 2.37. The van der Waals surface area contributed by atoms with Crippen molar-refractivity contribution in [1.29, 1.82) is 0 Å². The van der Waals surface area contributed by atoms with Crippen molar-refractivity contribution in [2.45, 2.75) is 19.3 Å². The highest BCUT2D eigenvalue weighted by molar-refractivity contribution is 6.19. The molecule has 2 heterocycles. The topological polar surface area (TPSA) is 90.1 Å². The van der Waals surface area contributed by atoms with E-state index in [0.717, 1.165) is 17.2 Å². The first-order chi connectivity index (χ1) is 15.4. The highest BCUT2D eigenvalue weighted by atomic mass is 19.4. The van der Waals surface area contributed by atoms with Crippen molar-refractivity contribution in [2.75, 3.05) is 6.61 Å². The van der Waals surface area contributed by atoms with Crippen molar-refractivity contribution in [3.8, 4) is 17.3 Å². The third-order valence-corrected chi connectivity index (χ3v) is 4.19. The van der Waals surface area contributed by atoms with E-state index in [4.69, 9.17) is 4.74 Å². The molecule has 0 atom stereocenters. The predicted molar refractivity (Wildman–Crippen MR) is 103 cm³/mol. The Morgan fingerprint density at radius 1 is 1.06 bits per heavy atom. The van der Waals surface area contributed by atoms with Crippen LogP contribution in [0.5, 0.6) is 5.88 Å². The second kappa shape index (κ2) is 8.92. The molecule has 0 fully saturated rings. The molecule has 0 saturated carbocycles. The number of carboxylic acids is 1. The van der Waals surface area contributed by atoms with Crippen LogP contribution in [-0.4, -0.2) is 37.4 Å². The number of carboxylic acid groups (broad SMARTS) is 1. The molecule has 3 rings (SSSR count). The maximum absolute atomic E-state index is 13.1. The number of nitrogens with zero attached hydrogens (tertiary/aromatic N) is 4. The second-order valence-corrected chi connectivity index (χ2v) is 6.51. The normalized spacial score (nSPS) is 12.6. The summed E-state index contributed by atoms with van der Waals surface area (Å²) in [6, 6.07) is 3.80. The van der Waals surface area contributed by atoms with E-state index in [9.17, 15) is 36.2 Å². The molecule has 1 aromatic carbocycles. The summed E-state index contributed by atoms with van der Waals surface area (Å²) >= 11 is 0. The van der Waals surface area contributed by atoms with Gasteiger partial charge in [-0.15, -0.1) is 5.10 Å². The van der Waals surface area contributed by atoms with Crippen LogP contribution >= 0.6 is 0 Å². The minimum atomic E-state index is -5.03. The highest BCUT2D eigenvalue weighted by Crippen LogP contribution is 2.38. The molecule has 0 radical (unpaired) electrons. The van der Waals surface area contributed by atoms with Gasteiger partial charge >= 0.3 is 18.3 Å². The van der Waals surface area contributed by atoms with Crippen LogP contribution in [-0.2, 0) is 17.1 Å². The summed E-state index contributed by atoms with van der Waals surface area (Å²) in [5.41, 5.74) is -3.73. The van der Waals surface area contributed by atoms with Crippen LogP contribution in [0, 0.1) is 0 Å². The maximum Gasteiger partial charge on any atom is 0.416 e. The van der Waals surface area contributed by atoms with Gasteiger partial charge in [0.1, 0.15) is 6.33 Å². The van der Waals surface area contributed by atoms with Gasteiger partial charge in [-0.2, -0.15) is 26.3 Å². The lowest BCUT2D eigenvalue weighted by Crippen LogP contribution is -2.11. The van der Waals surface area contributed by atoms with Crippen LogP contribution in [0.25, 0.3) is 23.2 Å². The second-order valence-electron chi connectivity index (χ2n) is 6.51. The van der Waals surface area contributed by atoms with Gasteiger partial charge in [0.2, 0.25) is 5.88 Å². The molecule has 7 nitrogen and oxygen atoms in total. The van der Waals surface area contributed by atoms with Crippen molar-refractivity contribution < 1.29 is 41.0 Å². The molecule has 0 saturated heterocycles. The summed E-state index contributed by atoms with van der Waals surface area (Å²) in [6.45, 7) is 2.09. The Labute approximate surface area is 182 Å². The molecule has 0 spiro atoms. The summed E-state index contributed by atoms with van der Waals surface area (Å²) in [7, 11) is 0. The van der Waals surface area contributed by atoms with Crippen LogP contribution in [0.15, 0.2) is 42.9 Å². The van der Waals surface area contributed by atoms with E-state index in [1.54, 1.807) is 6.92 Å². The fourth-order valence-corrected chi connectivity index (χ4v) is 2.71. The molecule has 0 aliphatic rings. The van der Waals surface area contributed by atoms with E-state index in [0.29, 0.717) is 18.7 Å². The number of pyridine rings is 1. The van der Waals surface area contributed by atoms with Gasteiger partial charge in [-0.25, -0.2) is 19.4 Å². The smallest absolute Gasteiger partial charge is 0.416 e. The van der Waals surface area contributed by atoms with Crippen LogP contribution in [0.4, 0.5) is 26.3 Å². The van der Waals surface area contributed by atoms with Gasteiger partial charge in [0.05, 0.1) is 23.3 Å². The van der Waals surface area contributed by atoms with E-state index in [1.807, 2.05) is 0 Å². The molecular weight excluding hydrogens is 458 g/mol. The molecule has 1 N–H and O–H groups in total. The van der Waals surface area contributed by atoms with Crippen molar-refractivity contribution >= 4 is 17.7 Å². The van der Waals surface area contributed by atoms with Gasteiger partial charge in [0.15, 0.2) is 5.82 Å². The molecular formula is C20H14F6N4O3. The zero-order chi connectivity index (χ0) is 24.4. The van der Waals surface area contributed by atoms with Crippen molar-refractivity contribution in [3.63, 3.8) is 0 Å². The zero-order valence-corrected chi connectivity index (χ0v) is 16.6. The molecule has 3 aromatic rings. The molecule has 13 heteroatoms. The first kappa shape index (κ1) is 23.8. The van der Waals surface area contributed by atoms with Gasteiger partial charge in [-0.3, -0.25) is 0 Å². The number of halogens is 6. The van der Waals surface area contributed by atoms with Gasteiger partial charge in [0.25, 0.3) is 0 Å². The number of alkyl halides is 6. The number of benzene rings is 1. The molecule has 0 unspecified atom stereocenters. The fourth-order valence-electron chi connectivity index (χ4n) is 2.71. The largest absolute Gasteiger partial charge is 0.478 e. The van der Waals surface area contributed by atoms with E-state index < -0.39 is 40.8 Å². The van der Waals surface area contributed by atoms with Crippen molar-refractivity contribution in [3.05, 3.63) is 59.5 Å². The Morgan fingerprint density at radius 2 is 1.70 bits per heavy atom. The summed E-state index contributed by atoms with van der Waals surface area (Å²) in [6.07, 6.45) is -6.89. The SMILES string of the molecule is CCOc1ccc(/C(=C\n2cnc(-c3cc(C(F)(F)F)cc(C(F)(F)F)c3)n2)C(=O)O)cn1. The van der Waals surface area contributed by atoms with Gasteiger partial charge < -0.3 is 9.84 Å². The summed E-state index contributed by atoms with van der Waals surface area (Å²) in [5.74, 6) is -1.58. The number of hydrogen-bond donors (Lipinski definition) is 1. The van der Waals surface area contributed by atoms with Gasteiger partial charge in [-0.1, -0.05) is 0 Å². The zero-order valence-electron chi connectivity index (χ0n) is 16.6. The van der Waals surface area contributed by atoms with Crippen LogP contribution < -0.4 is 4.74 Å². The van der Waals surface area contributed by atoms with Crippen LogP contribution in [0.3, 0.4) is 0 Å². The lowest BCUT2D eigenvalue weighted by atomic mass is 10.0. The Hall–Kier alpha value is -3.90. The average molecular weight is 472 g/mol. The monoisotopic (exact) mass is 472 g/mol. The lowest BCUT2D eigenvalue weighted by molar-refractivity contribution is -0.143. The van der Waals surface area contributed by atoms with E-state index in [2.05, 4.69) is 15.1 Å². The van der Waals surface area contributed by atoms with Crippen LogP contribution in [0.1, 0.15) is 23.6 Å². The van der Waals surface area contributed by atoms with E-state index >= 15 is 0 Å². The summed E-state index contributed by atoms with van der Waals surface area (Å²) < 4.78 is 84.5. The maximum atomic E-state index is 13.1. The fraction of sp³-hybridized carbons (Fsp3) is 0.200. The third-order valence-electron chi connectivity index (χ3n) is 4.19. The molecule has 0 bridgehead atoms. The Morgan fingerprint density at radius 3 is 2.18 bits per heavy atom. The molecule has 0 aliphatic heterocycles. The third kappa shape index (κ3) is 5.67. The van der Waals surface area contributed by atoms with Crippen molar-refractivity contribution in [1.82, 2.24) is 19.7 Å². The molecule has 2 aromatic heterocycles. The Kier molecular flexibility index (Phi) is 6.42. The number of carbonyl (C=O) groups is 1. The minimum Gasteiger partial charge on any atom is -0.478 e. The lowest BCUT2D eigenvalue weighted by Gasteiger charge is -2.13. The minimum absolute atomic E-state index is 0.0121. The molecule has 33 heavy (non-hydrogen) atoms. The number of ether oxygens (including phenoxy) is 1. The number of hydrogen-bond acceptors (Lipinski definition) is 5. The molecule has 0 amide bonds. The Bertz CT molecular complexity index is 1150. The van der Waals surface area contributed by atoms with Crippen molar-refractivity contribution in [2.24, 2.45) is 0 Å². The molecule has 174 valence electrons. The Balaban J connectivity index is 2.01. The first-order valence-electron chi connectivity index (χ1n) is 9.14. The number of aromatic nitrogens is 4. The van der Waals surface area contributed by atoms with E-state index in [-0.39, 0.29) is 23.1 Å². The average Bonchev–Trinajstić information content (AvgIpc) is 3.20. The predicted octanol–water partition coefficient (Wildman–Crippen LogP) is 4.86. The molecule has 0 aliphatic carbocycles. The number of rotatable bonds is 6. The summed E-state index contributed by atoms with van der Waals surface area (Å²) in [5, 5.41) is 13.3. The van der Waals surface area contributed by atoms with E-state index in [1.165, 1.54) is 18.3 Å². The number of aliphatic carboxylic acids is 1. The summed E-state index contributed by atoms with van der Waals surface area (Å²) in [4.78, 5) is 19.3. The van der Waals surface area contributed by atoms with Crippen LogP contribution in [0.2, 0.25) is 0 Å². The quantitative estimate of drug-likeness (QED) is 0.407. The van der Waals surface area contributed by atoms with Gasteiger partial charge in [-0.05, 0) is 31.2 Å². The van der Waals surface area contributed by atoms with Gasteiger partial charge in [0, 0.05) is 29.6 Å². The first-order valence-corrected chi connectivity index (χ1v) is 9.14. The standard InChI is InChI=1S/C20H14F6N4O3/c1-2-33-16-4-3-11(8-27-16)15(18(31)32)9-30-10-28-17(29-30)12-5-13(19(21,22)23)7-14(6-12)20(24,25)26/h3-10H,2H2,1H3,(H,31,32)/b15-9+.